The molecule has 1 aromatic carbocycles. The molecule has 3 amide bonds. The van der Waals surface area contributed by atoms with Crippen molar-refractivity contribution in [2.45, 2.75) is 25.8 Å². The van der Waals surface area contributed by atoms with Crippen LogP contribution < -0.4 is 5.32 Å². The van der Waals surface area contributed by atoms with Crippen molar-refractivity contribution in [2.75, 3.05) is 11.9 Å². The number of ether oxygens (including phenoxy) is 1. The average molecular weight is 392 g/mol. The van der Waals surface area contributed by atoms with E-state index in [4.69, 9.17) is 4.74 Å². The lowest BCUT2D eigenvalue weighted by atomic mass is 9.85. The quantitative estimate of drug-likeness (QED) is 0.469. The van der Waals surface area contributed by atoms with Crippen LogP contribution in [0.3, 0.4) is 0 Å². The number of benzene rings is 1. The second kappa shape index (κ2) is 7.87. The summed E-state index contributed by atoms with van der Waals surface area (Å²) >= 11 is 0. The van der Waals surface area contributed by atoms with E-state index in [0.29, 0.717) is 12.8 Å². The van der Waals surface area contributed by atoms with Gasteiger partial charge in [-0.25, -0.2) is 13.6 Å². The highest BCUT2D eigenvalue weighted by Gasteiger charge is 2.50. The summed E-state index contributed by atoms with van der Waals surface area (Å²) < 4.78 is 31.5. The van der Waals surface area contributed by atoms with Crippen LogP contribution in [-0.2, 0) is 23.9 Å². The average Bonchev–Trinajstić information content (AvgIpc) is 2.93. The molecule has 0 saturated carbocycles. The van der Waals surface area contributed by atoms with Gasteiger partial charge in [0, 0.05) is 6.07 Å². The van der Waals surface area contributed by atoms with Crippen LogP contribution in [-0.4, -0.2) is 41.2 Å². The second-order valence-electron chi connectivity index (χ2n) is 6.66. The Kier molecular flexibility index (Phi) is 5.53. The molecular formula is C19H18F2N2O5. The van der Waals surface area contributed by atoms with Gasteiger partial charge < -0.3 is 10.1 Å². The van der Waals surface area contributed by atoms with Crippen LogP contribution >= 0.6 is 0 Å². The van der Waals surface area contributed by atoms with Crippen molar-refractivity contribution < 1.29 is 32.7 Å². The number of carbonyl (C=O) groups is 4. The summed E-state index contributed by atoms with van der Waals surface area (Å²) in [6, 6.07) is 1.33. The van der Waals surface area contributed by atoms with Gasteiger partial charge in [0.05, 0.1) is 17.5 Å². The van der Waals surface area contributed by atoms with Crippen molar-refractivity contribution in [3.63, 3.8) is 0 Å². The number of nitrogens with zero attached hydrogens (tertiary/aromatic N) is 1. The van der Waals surface area contributed by atoms with Crippen LogP contribution in [0.1, 0.15) is 19.8 Å². The second-order valence-corrected chi connectivity index (χ2v) is 6.66. The molecule has 9 heteroatoms. The molecule has 28 heavy (non-hydrogen) atoms. The highest BCUT2D eigenvalue weighted by Crippen LogP contribution is 2.36. The maximum atomic E-state index is 13.5. The number of esters is 1. The molecule has 3 atom stereocenters. The third-order valence-electron chi connectivity index (χ3n) is 4.82. The lowest BCUT2D eigenvalue weighted by molar-refractivity contribution is -0.159. The van der Waals surface area contributed by atoms with Crippen molar-refractivity contribution in [1.29, 1.82) is 0 Å². The van der Waals surface area contributed by atoms with E-state index in [1.54, 1.807) is 0 Å². The van der Waals surface area contributed by atoms with Crippen LogP contribution in [0.5, 0.6) is 0 Å². The predicted octanol–water partition coefficient (Wildman–Crippen LogP) is 1.79. The first-order valence-electron chi connectivity index (χ1n) is 8.73. The highest BCUT2D eigenvalue weighted by molar-refractivity contribution is 6.08. The molecule has 148 valence electrons. The fourth-order valence-electron chi connectivity index (χ4n) is 3.35. The summed E-state index contributed by atoms with van der Waals surface area (Å²) in [5.74, 6) is -5.25. The molecule has 0 spiro atoms. The number of hydrogen-bond acceptors (Lipinski definition) is 5. The van der Waals surface area contributed by atoms with Crippen LogP contribution in [0.4, 0.5) is 14.5 Å². The molecule has 1 heterocycles. The summed E-state index contributed by atoms with van der Waals surface area (Å²) in [6.07, 6.45) is 4.54. The number of halogens is 2. The van der Waals surface area contributed by atoms with E-state index < -0.39 is 65.5 Å². The third-order valence-corrected chi connectivity index (χ3v) is 4.82. The van der Waals surface area contributed by atoms with Gasteiger partial charge >= 0.3 is 5.97 Å². The van der Waals surface area contributed by atoms with Gasteiger partial charge in [-0.1, -0.05) is 12.2 Å². The third kappa shape index (κ3) is 3.78. The van der Waals surface area contributed by atoms with Crippen LogP contribution in [0.25, 0.3) is 0 Å². The van der Waals surface area contributed by atoms with E-state index in [1.165, 1.54) is 6.92 Å². The first kappa shape index (κ1) is 19.7. The van der Waals surface area contributed by atoms with Gasteiger partial charge in [-0.05, 0) is 31.9 Å². The number of rotatable bonds is 5. The minimum absolute atomic E-state index is 0.393. The fourth-order valence-corrected chi connectivity index (χ4v) is 3.35. The minimum Gasteiger partial charge on any atom is -0.454 e. The zero-order valence-electron chi connectivity index (χ0n) is 15.0. The predicted molar refractivity (Wildman–Crippen MR) is 92.6 cm³/mol. The Labute approximate surface area is 159 Å². The SMILES string of the molecule is C[C@@H](C(=O)OCC(=O)Nc1cc(F)ccc1F)N1C(=O)[C@H]2CC=CC[C@H]2C1=O. The highest BCUT2D eigenvalue weighted by atomic mass is 19.1. The Morgan fingerprint density at radius 2 is 1.79 bits per heavy atom. The number of hydrogen-bond donors (Lipinski definition) is 1. The summed E-state index contributed by atoms with van der Waals surface area (Å²) in [7, 11) is 0. The Morgan fingerprint density at radius 3 is 2.39 bits per heavy atom. The molecular weight excluding hydrogens is 374 g/mol. The maximum Gasteiger partial charge on any atom is 0.329 e. The number of likely N-dealkylation sites (tertiary alicyclic amines) is 1. The van der Waals surface area contributed by atoms with E-state index >= 15 is 0 Å². The molecule has 0 bridgehead atoms. The zero-order valence-corrected chi connectivity index (χ0v) is 15.0. The van der Waals surface area contributed by atoms with Crippen molar-refractivity contribution in [2.24, 2.45) is 11.8 Å². The summed E-state index contributed by atoms with van der Waals surface area (Å²) in [5.41, 5.74) is -0.393. The first-order valence-corrected chi connectivity index (χ1v) is 8.73. The number of carbonyl (C=O) groups excluding carboxylic acids is 4. The van der Waals surface area contributed by atoms with Crippen molar-refractivity contribution >= 4 is 29.4 Å². The molecule has 1 N–H and O–H groups in total. The van der Waals surface area contributed by atoms with E-state index in [1.807, 2.05) is 12.2 Å². The van der Waals surface area contributed by atoms with Gasteiger partial charge in [0.1, 0.15) is 17.7 Å². The molecule has 1 aliphatic carbocycles. The molecule has 1 aromatic rings. The van der Waals surface area contributed by atoms with Gasteiger partial charge in [-0.15, -0.1) is 0 Å². The Balaban J connectivity index is 1.57. The monoisotopic (exact) mass is 392 g/mol. The van der Waals surface area contributed by atoms with Crippen LogP contribution in [0.2, 0.25) is 0 Å². The van der Waals surface area contributed by atoms with E-state index in [-0.39, 0.29) is 0 Å². The largest absolute Gasteiger partial charge is 0.454 e. The molecule has 1 saturated heterocycles. The van der Waals surface area contributed by atoms with Gasteiger partial charge in [0.2, 0.25) is 11.8 Å². The number of nitrogens with one attached hydrogen (secondary N) is 1. The lowest BCUT2D eigenvalue weighted by Crippen LogP contribution is -2.45. The van der Waals surface area contributed by atoms with Crippen LogP contribution in [0.15, 0.2) is 30.4 Å². The van der Waals surface area contributed by atoms with Crippen LogP contribution in [0, 0.1) is 23.5 Å². The topological polar surface area (TPSA) is 92.8 Å². The van der Waals surface area contributed by atoms with Gasteiger partial charge in [-0.3, -0.25) is 19.3 Å². The van der Waals surface area contributed by atoms with E-state index in [9.17, 15) is 28.0 Å². The maximum absolute atomic E-state index is 13.5. The molecule has 0 aromatic heterocycles. The summed E-state index contributed by atoms with van der Waals surface area (Å²) in [4.78, 5) is 49.8. The molecule has 2 aliphatic rings. The Hall–Kier alpha value is -3.10. The molecule has 7 nitrogen and oxygen atoms in total. The Bertz CT molecular complexity index is 844. The fraction of sp³-hybridized carbons (Fsp3) is 0.368. The molecule has 0 radical (unpaired) electrons. The standard InChI is InChI=1S/C19H18F2N2O5/c1-10(23-17(25)12-4-2-3-5-13(12)18(23)26)19(27)28-9-16(24)22-15-8-11(20)6-7-14(15)21/h2-3,6-8,10,12-13H,4-5,9H2,1H3,(H,22,24)/t10-,12-,13+/m0/s1. The normalized spacial score (nSPS) is 22.0. The zero-order chi connectivity index (χ0) is 20.4. The number of imide groups is 1. The van der Waals surface area contributed by atoms with Gasteiger partial charge in [0.25, 0.3) is 5.91 Å². The van der Waals surface area contributed by atoms with Crippen molar-refractivity contribution in [1.82, 2.24) is 4.90 Å². The molecule has 1 aliphatic heterocycles. The van der Waals surface area contributed by atoms with Crippen molar-refractivity contribution in [3.8, 4) is 0 Å². The van der Waals surface area contributed by atoms with Gasteiger partial charge in [-0.2, -0.15) is 0 Å². The molecule has 1 fully saturated rings. The lowest BCUT2D eigenvalue weighted by Gasteiger charge is -2.21. The van der Waals surface area contributed by atoms with E-state index in [2.05, 4.69) is 5.32 Å². The number of allylic oxidation sites excluding steroid dienone is 2. The molecule has 0 unspecified atom stereocenters. The van der Waals surface area contributed by atoms with Gasteiger partial charge in [0.15, 0.2) is 6.61 Å². The summed E-state index contributed by atoms with van der Waals surface area (Å²) in [6.45, 7) is 0.566. The Morgan fingerprint density at radius 1 is 1.18 bits per heavy atom. The van der Waals surface area contributed by atoms with Crippen molar-refractivity contribution in [3.05, 3.63) is 42.0 Å². The first-order chi connectivity index (χ1) is 13.3. The minimum atomic E-state index is -1.19. The number of fused-ring (bicyclic) bond motifs is 1. The number of amides is 3. The number of anilines is 1. The van der Waals surface area contributed by atoms with E-state index in [0.717, 1.165) is 23.1 Å². The smallest absolute Gasteiger partial charge is 0.329 e. The molecule has 3 rings (SSSR count). The summed E-state index contributed by atoms with van der Waals surface area (Å²) in [5, 5.41) is 2.09.